The van der Waals surface area contributed by atoms with Gasteiger partial charge in [0.25, 0.3) is 0 Å². The van der Waals surface area contributed by atoms with Gasteiger partial charge in [-0.3, -0.25) is 0 Å². The molecule has 2 heteroatoms. The van der Waals surface area contributed by atoms with Gasteiger partial charge in [-0.15, -0.1) is 0 Å². The summed E-state index contributed by atoms with van der Waals surface area (Å²) in [6.07, 6.45) is 7.77. The van der Waals surface area contributed by atoms with Crippen LogP contribution in [0.5, 0.6) is 0 Å². The third-order valence-electron chi connectivity index (χ3n) is 2.57. The van der Waals surface area contributed by atoms with Crippen LogP contribution in [0.25, 0.3) is 16.6 Å². The topological polar surface area (TPSA) is 28.7 Å². The van der Waals surface area contributed by atoms with Gasteiger partial charge in [0.1, 0.15) is 5.65 Å². The van der Waals surface area contributed by atoms with Crippen LogP contribution in [0.4, 0.5) is 0 Å². The van der Waals surface area contributed by atoms with E-state index in [1.54, 1.807) is 0 Å². The molecule has 0 bridgehead atoms. The van der Waals surface area contributed by atoms with Crippen LogP contribution in [0, 0.1) is 6.92 Å². The summed E-state index contributed by atoms with van der Waals surface area (Å²) in [5, 5.41) is 1.16. The number of nitrogens with one attached hydrogen (secondary N) is 1. The second-order valence-electron chi connectivity index (χ2n) is 3.56. The number of hydrogen-bond donors (Lipinski definition) is 1. The highest BCUT2D eigenvalue weighted by Crippen LogP contribution is 2.23. The molecule has 0 amide bonds. The summed E-state index contributed by atoms with van der Waals surface area (Å²) in [5.74, 6) is 0. The Kier molecular flexibility index (Phi) is 2.42. The molecule has 0 saturated carbocycles. The fourth-order valence-electron chi connectivity index (χ4n) is 1.76. The Morgan fingerprint density at radius 3 is 3.07 bits per heavy atom. The molecule has 0 aromatic carbocycles. The maximum Gasteiger partial charge on any atom is 0.137 e. The average Bonchev–Trinajstić information content (AvgIpc) is 2.67. The van der Waals surface area contributed by atoms with E-state index in [1.807, 2.05) is 37.5 Å². The molecule has 0 aliphatic rings. The van der Waals surface area contributed by atoms with Crippen LogP contribution in [0.15, 0.2) is 37.2 Å². The van der Waals surface area contributed by atoms with E-state index in [0.717, 1.165) is 22.2 Å². The van der Waals surface area contributed by atoms with Crippen LogP contribution in [0.1, 0.15) is 18.1 Å². The molecule has 0 radical (unpaired) electrons. The van der Waals surface area contributed by atoms with Crippen LogP contribution in [-0.4, -0.2) is 9.97 Å². The number of H-pyrrole nitrogens is 1. The molecule has 0 spiro atoms. The Morgan fingerprint density at radius 2 is 2.33 bits per heavy atom. The van der Waals surface area contributed by atoms with Gasteiger partial charge in [0.05, 0.1) is 0 Å². The lowest BCUT2D eigenvalue weighted by Crippen LogP contribution is -1.89. The zero-order chi connectivity index (χ0) is 10.8. The summed E-state index contributed by atoms with van der Waals surface area (Å²) in [7, 11) is 0. The van der Waals surface area contributed by atoms with Crippen molar-refractivity contribution in [2.75, 3.05) is 0 Å². The van der Waals surface area contributed by atoms with Crippen LogP contribution >= 0.6 is 0 Å². The van der Waals surface area contributed by atoms with Crippen molar-refractivity contribution in [2.45, 2.75) is 13.8 Å². The van der Waals surface area contributed by atoms with E-state index in [2.05, 4.69) is 23.5 Å². The lowest BCUT2D eigenvalue weighted by Gasteiger charge is -2.05. The molecule has 76 valence electrons. The molecule has 2 aromatic rings. The second-order valence-corrected chi connectivity index (χ2v) is 3.56. The highest BCUT2D eigenvalue weighted by atomic mass is 14.8. The smallest absolute Gasteiger partial charge is 0.137 e. The fraction of sp³-hybridized carbons (Fsp3) is 0.154. The lowest BCUT2D eigenvalue weighted by molar-refractivity contribution is 1.29. The van der Waals surface area contributed by atoms with Gasteiger partial charge < -0.3 is 4.98 Å². The van der Waals surface area contributed by atoms with Crippen molar-refractivity contribution in [2.24, 2.45) is 0 Å². The number of rotatable bonds is 2. The van der Waals surface area contributed by atoms with Gasteiger partial charge in [0, 0.05) is 23.3 Å². The predicted octanol–water partition coefficient (Wildman–Crippen LogP) is 3.46. The van der Waals surface area contributed by atoms with Gasteiger partial charge in [-0.05, 0) is 31.1 Å². The normalized spacial score (nSPS) is 11.3. The molecule has 1 N–H and O–H groups in total. The molecule has 15 heavy (non-hydrogen) atoms. The van der Waals surface area contributed by atoms with E-state index >= 15 is 0 Å². The molecule has 0 fully saturated rings. The largest absolute Gasteiger partial charge is 0.346 e. The van der Waals surface area contributed by atoms with Crippen LogP contribution in [-0.2, 0) is 0 Å². The molecule has 0 unspecified atom stereocenters. The SMILES string of the molecule is C=C(/C=C\C)c1cnc2[nH]ccc2c1C. The molecular formula is C13H14N2. The van der Waals surface area contributed by atoms with E-state index in [0.29, 0.717) is 0 Å². The minimum atomic E-state index is 0.935. The lowest BCUT2D eigenvalue weighted by atomic mass is 10.0. The van der Waals surface area contributed by atoms with Crippen molar-refractivity contribution in [3.8, 4) is 0 Å². The molecule has 2 heterocycles. The maximum absolute atomic E-state index is 4.36. The number of aromatic nitrogens is 2. The summed E-state index contributed by atoms with van der Waals surface area (Å²) >= 11 is 0. The van der Waals surface area contributed by atoms with Gasteiger partial charge >= 0.3 is 0 Å². The second kappa shape index (κ2) is 3.73. The summed E-state index contributed by atoms with van der Waals surface area (Å²) in [6.45, 7) is 8.12. The minimum Gasteiger partial charge on any atom is -0.346 e. The van der Waals surface area contributed by atoms with E-state index in [9.17, 15) is 0 Å². The van der Waals surface area contributed by atoms with Gasteiger partial charge in [-0.1, -0.05) is 18.7 Å². The number of aryl methyl sites for hydroxylation is 1. The first-order valence-electron chi connectivity index (χ1n) is 4.98. The predicted molar refractivity (Wildman–Crippen MR) is 64.7 cm³/mol. The Balaban J connectivity index is 2.62. The molecule has 0 atom stereocenters. The monoisotopic (exact) mass is 198 g/mol. The number of fused-ring (bicyclic) bond motifs is 1. The zero-order valence-corrected chi connectivity index (χ0v) is 9.04. The molecule has 0 aliphatic heterocycles. The van der Waals surface area contributed by atoms with Crippen molar-refractivity contribution < 1.29 is 0 Å². The van der Waals surface area contributed by atoms with Gasteiger partial charge in [-0.25, -0.2) is 4.98 Å². The van der Waals surface area contributed by atoms with E-state index < -0.39 is 0 Å². The standard InChI is InChI=1S/C13H14N2/c1-4-5-9(2)12-8-15-13-11(10(12)3)6-7-14-13/h4-8H,2H2,1,3H3,(H,14,15)/b5-4-. The Morgan fingerprint density at radius 1 is 1.53 bits per heavy atom. The van der Waals surface area contributed by atoms with Gasteiger partial charge in [-0.2, -0.15) is 0 Å². The van der Waals surface area contributed by atoms with Crippen molar-refractivity contribution in [1.82, 2.24) is 9.97 Å². The summed E-state index contributed by atoms with van der Waals surface area (Å²) in [4.78, 5) is 7.45. The highest BCUT2D eigenvalue weighted by molar-refractivity contribution is 5.86. The summed E-state index contributed by atoms with van der Waals surface area (Å²) in [6, 6.07) is 2.05. The van der Waals surface area contributed by atoms with Crippen LogP contribution in [0.3, 0.4) is 0 Å². The van der Waals surface area contributed by atoms with Gasteiger partial charge in [0.15, 0.2) is 0 Å². The summed E-state index contributed by atoms with van der Waals surface area (Å²) < 4.78 is 0. The molecule has 0 aliphatic carbocycles. The first-order valence-corrected chi connectivity index (χ1v) is 4.98. The molecule has 2 nitrogen and oxygen atoms in total. The third-order valence-corrected chi connectivity index (χ3v) is 2.57. The molecule has 2 rings (SSSR count). The van der Waals surface area contributed by atoms with E-state index in [-0.39, 0.29) is 0 Å². The molecule has 2 aromatic heterocycles. The Bertz CT molecular complexity index is 532. The minimum absolute atomic E-state index is 0.935. The quantitative estimate of drug-likeness (QED) is 0.735. The highest BCUT2D eigenvalue weighted by Gasteiger charge is 2.06. The number of allylic oxidation sites excluding steroid dienone is 3. The summed E-state index contributed by atoms with van der Waals surface area (Å²) in [5.41, 5.74) is 4.28. The number of pyridine rings is 1. The van der Waals surface area contributed by atoms with Crippen LogP contribution < -0.4 is 0 Å². The third kappa shape index (κ3) is 1.59. The maximum atomic E-state index is 4.36. The van der Waals surface area contributed by atoms with E-state index in [1.165, 1.54) is 5.56 Å². The van der Waals surface area contributed by atoms with Crippen molar-refractivity contribution >= 4 is 16.6 Å². The van der Waals surface area contributed by atoms with Crippen molar-refractivity contribution in [3.63, 3.8) is 0 Å². The Hall–Kier alpha value is -1.83. The number of nitrogens with zero attached hydrogens (tertiary/aromatic N) is 1. The Labute approximate surface area is 89.4 Å². The molecule has 0 saturated heterocycles. The van der Waals surface area contributed by atoms with Gasteiger partial charge in [0.2, 0.25) is 0 Å². The molecular weight excluding hydrogens is 184 g/mol. The number of aromatic amines is 1. The van der Waals surface area contributed by atoms with E-state index in [4.69, 9.17) is 0 Å². The van der Waals surface area contributed by atoms with Crippen LogP contribution in [0.2, 0.25) is 0 Å². The average molecular weight is 198 g/mol. The first kappa shape index (κ1) is 9.71. The van der Waals surface area contributed by atoms with Crippen molar-refractivity contribution in [1.29, 1.82) is 0 Å². The van der Waals surface area contributed by atoms with Crippen molar-refractivity contribution in [3.05, 3.63) is 48.3 Å². The number of hydrogen-bond acceptors (Lipinski definition) is 1. The zero-order valence-electron chi connectivity index (χ0n) is 9.04. The fourth-order valence-corrected chi connectivity index (χ4v) is 1.76. The first-order chi connectivity index (χ1) is 7.24.